The van der Waals surface area contributed by atoms with Gasteiger partial charge in [-0.2, -0.15) is 0 Å². The van der Waals surface area contributed by atoms with Crippen LogP contribution in [0.4, 0.5) is 4.79 Å². The summed E-state index contributed by atoms with van der Waals surface area (Å²) in [6.07, 6.45) is 6.32. The number of nitrogens with zero attached hydrogens (tertiary/aromatic N) is 1. The molecule has 4 heteroatoms. The van der Waals surface area contributed by atoms with E-state index in [4.69, 9.17) is 10.5 Å². The van der Waals surface area contributed by atoms with Gasteiger partial charge in [0.1, 0.15) is 5.60 Å². The number of carbonyl (C=O) groups is 1. The van der Waals surface area contributed by atoms with Crippen LogP contribution >= 0.6 is 0 Å². The van der Waals surface area contributed by atoms with Crippen LogP contribution in [0.15, 0.2) is 0 Å². The van der Waals surface area contributed by atoms with Crippen molar-refractivity contribution in [3.05, 3.63) is 0 Å². The van der Waals surface area contributed by atoms with Crippen LogP contribution in [0.2, 0.25) is 0 Å². The molecule has 1 amide bonds. The third-order valence-electron chi connectivity index (χ3n) is 4.21. The van der Waals surface area contributed by atoms with E-state index in [1.807, 2.05) is 25.7 Å². The Balaban J connectivity index is 2.14. The molecule has 4 nitrogen and oxygen atoms in total. The third kappa shape index (κ3) is 2.48. The standard InChI is InChI=1S/C14H26N2O2/c1-13(2,3)18-12(17)16-10-6-9-14(16)8-5-4-7-11(14)15/h11H,4-10,15H2,1-3H3. The molecule has 2 aliphatic rings. The summed E-state index contributed by atoms with van der Waals surface area (Å²) in [6, 6.07) is 0.112. The van der Waals surface area contributed by atoms with Crippen molar-refractivity contribution >= 4 is 6.09 Å². The topological polar surface area (TPSA) is 55.6 Å². The third-order valence-corrected chi connectivity index (χ3v) is 4.21. The van der Waals surface area contributed by atoms with Gasteiger partial charge in [-0.3, -0.25) is 0 Å². The molecule has 1 aliphatic heterocycles. The van der Waals surface area contributed by atoms with Gasteiger partial charge in [-0.25, -0.2) is 4.79 Å². The molecule has 2 rings (SSSR count). The molecule has 104 valence electrons. The number of rotatable bonds is 0. The van der Waals surface area contributed by atoms with Crippen molar-refractivity contribution < 1.29 is 9.53 Å². The second-order valence-corrected chi connectivity index (χ2v) is 6.69. The molecule has 0 aromatic carbocycles. The number of hydrogen-bond acceptors (Lipinski definition) is 3. The first-order valence-electron chi connectivity index (χ1n) is 7.11. The molecule has 1 spiro atoms. The number of likely N-dealkylation sites (tertiary alicyclic amines) is 1. The summed E-state index contributed by atoms with van der Waals surface area (Å²) < 4.78 is 5.53. The summed E-state index contributed by atoms with van der Waals surface area (Å²) in [6.45, 7) is 6.53. The fourth-order valence-electron chi connectivity index (χ4n) is 3.39. The van der Waals surface area contributed by atoms with E-state index in [-0.39, 0.29) is 17.7 Å². The average molecular weight is 254 g/mol. The minimum atomic E-state index is -0.431. The van der Waals surface area contributed by atoms with Crippen LogP contribution in [0.5, 0.6) is 0 Å². The highest BCUT2D eigenvalue weighted by molar-refractivity contribution is 5.70. The number of hydrogen-bond donors (Lipinski definition) is 1. The molecule has 0 bridgehead atoms. The van der Waals surface area contributed by atoms with Crippen molar-refractivity contribution in [3.63, 3.8) is 0 Å². The van der Waals surface area contributed by atoms with Crippen LogP contribution in [0.1, 0.15) is 59.3 Å². The Morgan fingerprint density at radius 2 is 1.94 bits per heavy atom. The lowest BCUT2D eigenvalue weighted by Crippen LogP contribution is -2.60. The molecule has 0 radical (unpaired) electrons. The first kappa shape index (κ1) is 13.7. The predicted octanol–water partition coefficient (Wildman–Crippen LogP) is 2.66. The highest BCUT2D eigenvalue weighted by Gasteiger charge is 2.49. The lowest BCUT2D eigenvalue weighted by molar-refractivity contribution is -0.00430. The zero-order valence-electron chi connectivity index (χ0n) is 11.9. The van der Waals surface area contributed by atoms with Crippen LogP contribution in [0.3, 0.4) is 0 Å². The van der Waals surface area contributed by atoms with Gasteiger partial charge in [-0.05, 0) is 46.5 Å². The lowest BCUT2D eigenvalue weighted by atomic mass is 9.76. The van der Waals surface area contributed by atoms with E-state index in [0.29, 0.717) is 0 Å². The zero-order valence-corrected chi connectivity index (χ0v) is 11.9. The summed E-state index contributed by atoms with van der Waals surface area (Å²) >= 11 is 0. The predicted molar refractivity (Wildman–Crippen MR) is 71.3 cm³/mol. The van der Waals surface area contributed by atoms with Gasteiger partial charge in [0.05, 0.1) is 5.54 Å². The highest BCUT2D eigenvalue weighted by atomic mass is 16.6. The smallest absolute Gasteiger partial charge is 0.410 e. The Kier molecular flexibility index (Phi) is 3.58. The fourth-order valence-corrected chi connectivity index (χ4v) is 3.39. The Morgan fingerprint density at radius 3 is 2.56 bits per heavy atom. The Morgan fingerprint density at radius 1 is 1.28 bits per heavy atom. The van der Waals surface area contributed by atoms with Crippen molar-refractivity contribution in [3.8, 4) is 0 Å². The van der Waals surface area contributed by atoms with Gasteiger partial charge in [0, 0.05) is 12.6 Å². The maximum Gasteiger partial charge on any atom is 0.410 e. The molecular formula is C14H26N2O2. The van der Waals surface area contributed by atoms with Crippen molar-refractivity contribution in [2.45, 2.75) is 76.5 Å². The van der Waals surface area contributed by atoms with Crippen molar-refractivity contribution in [2.24, 2.45) is 5.73 Å². The summed E-state index contributed by atoms with van der Waals surface area (Å²) in [5.41, 5.74) is 5.76. The second-order valence-electron chi connectivity index (χ2n) is 6.69. The number of carbonyl (C=O) groups excluding carboxylic acids is 1. The van der Waals surface area contributed by atoms with Crippen molar-refractivity contribution in [1.29, 1.82) is 0 Å². The van der Waals surface area contributed by atoms with E-state index < -0.39 is 5.60 Å². The van der Waals surface area contributed by atoms with Crippen molar-refractivity contribution in [2.75, 3.05) is 6.54 Å². The fraction of sp³-hybridized carbons (Fsp3) is 0.929. The van der Waals surface area contributed by atoms with Gasteiger partial charge in [-0.15, -0.1) is 0 Å². The van der Waals surface area contributed by atoms with E-state index >= 15 is 0 Å². The number of nitrogens with two attached hydrogens (primary N) is 1. The Bertz CT molecular complexity index is 324. The molecule has 1 saturated carbocycles. The van der Waals surface area contributed by atoms with Crippen LogP contribution in [-0.2, 0) is 4.74 Å². The van der Waals surface area contributed by atoms with Gasteiger partial charge >= 0.3 is 6.09 Å². The first-order valence-corrected chi connectivity index (χ1v) is 7.11. The zero-order chi connectivity index (χ0) is 13.4. The summed E-state index contributed by atoms with van der Waals surface area (Å²) in [4.78, 5) is 14.2. The van der Waals surface area contributed by atoms with Crippen LogP contribution < -0.4 is 5.73 Å². The van der Waals surface area contributed by atoms with Gasteiger partial charge in [-0.1, -0.05) is 12.8 Å². The van der Waals surface area contributed by atoms with E-state index in [9.17, 15) is 4.79 Å². The van der Waals surface area contributed by atoms with E-state index in [0.717, 1.165) is 32.2 Å². The average Bonchev–Trinajstić information content (AvgIpc) is 2.65. The van der Waals surface area contributed by atoms with Crippen molar-refractivity contribution in [1.82, 2.24) is 4.90 Å². The Hall–Kier alpha value is -0.770. The molecule has 2 N–H and O–H groups in total. The molecule has 1 heterocycles. The summed E-state index contributed by atoms with van der Waals surface area (Å²) in [7, 11) is 0. The minimum absolute atomic E-state index is 0.112. The van der Waals surface area contributed by atoms with E-state index in [1.165, 1.54) is 12.8 Å². The molecule has 18 heavy (non-hydrogen) atoms. The lowest BCUT2D eigenvalue weighted by Gasteiger charge is -2.46. The van der Waals surface area contributed by atoms with E-state index in [2.05, 4.69) is 0 Å². The summed E-state index contributed by atoms with van der Waals surface area (Å²) in [5.74, 6) is 0. The summed E-state index contributed by atoms with van der Waals surface area (Å²) in [5, 5.41) is 0. The monoisotopic (exact) mass is 254 g/mol. The normalized spacial score (nSPS) is 32.9. The van der Waals surface area contributed by atoms with E-state index in [1.54, 1.807) is 0 Å². The molecular weight excluding hydrogens is 228 g/mol. The van der Waals surface area contributed by atoms with Gasteiger partial charge < -0.3 is 15.4 Å². The molecule has 0 aromatic heterocycles. The molecule has 1 saturated heterocycles. The largest absolute Gasteiger partial charge is 0.444 e. The maximum absolute atomic E-state index is 12.3. The number of ether oxygens (including phenoxy) is 1. The number of amides is 1. The maximum atomic E-state index is 12.3. The molecule has 2 unspecified atom stereocenters. The molecule has 2 atom stereocenters. The minimum Gasteiger partial charge on any atom is -0.444 e. The molecule has 0 aromatic rings. The van der Waals surface area contributed by atoms with Gasteiger partial charge in [0.25, 0.3) is 0 Å². The molecule has 1 aliphatic carbocycles. The first-order chi connectivity index (χ1) is 8.35. The van der Waals surface area contributed by atoms with Crippen LogP contribution in [0, 0.1) is 0 Å². The van der Waals surface area contributed by atoms with Gasteiger partial charge in [0.2, 0.25) is 0 Å². The van der Waals surface area contributed by atoms with Crippen LogP contribution in [-0.4, -0.2) is 34.7 Å². The SMILES string of the molecule is CC(C)(C)OC(=O)N1CCCC12CCCCC2N. The highest BCUT2D eigenvalue weighted by Crippen LogP contribution is 2.41. The molecule has 2 fully saturated rings. The Labute approximate surface area is 110 Å². The second kappa shape index (κ2) is 4.72. The van der Waals surface area contributed by atoms with Gasteiger partial charge in [0.15, 0.2) is 0 Å². The van der Waals surface area contributed by atoms with Crippen LogP contribution in [0.25, 0.3) is 0 Å². The quantitative estimate of drug-likeness (QED) is 0.723.